The summed E-state index contributed by atoms with van der Waals surface area (Å²) in [5.41, 5.74) is 3.65. The first-order valence-electron chi connectivity index (χ1n) is 7.16. The van der Waals surface area contributed by atoms with Gasteiger partial charge in [0, 0.05) is 0 Å². The molecule has 0 aliphatic rings. The Morgan fingerprint density at radius 3 is 1.96 bits per heavy atom. The van der Waals surface area contributed by atoms with Crippen LogP contribution in [-0.2, 0) is 0 Å². The van der Waals surface area contributed by atoms with Gasteiger partial charge < -0.3 is 0 Å². The third-order valence-electron chi connectivity index (χ3n) is 3.37. The normalized spacial score (nSPS) is 11.5. The fourth-order valence-electron chi connectivity index (χ4n) is 2.19. The van der Waals surface area contributed by atoms with E-state index in [0.717, 1.165) is 9.50 Å². The van der Waals surface area contributed by atoms with Gasteiger partial charge in [0.25, 0.3) is 0 Å². The van der Waals surface area contributed by atoms with Crippen molar-refractivity contribution in [3.05, 3.63) is 104 Å². The van der Waals surface area contributed by atoms with Crippen LogP contribution < -0.4 is 4.46 Å². The van der Waals surface area contributed by atoms with E-state index in [1.54, 1.807) is 0 Å². The van der Waals surface area contributed by atoms with Crippen molar-refractivity contribution >= 4 is 52.5 Å². The van der Waals surface area contributed by atoms with E-state index in [1.165, 1.54) is 21.2 Å². The number of halogens is 2. The molecule has 0 saturated carbocycles. The fourth-order valence-corrected chi connectivity index (χ4v) is 4.34. The molecule has 0 aliphatic heterocycles. The zero-order valence-corrected chi connectivity index (χ0v) is 16.3. The molecular weight excluding hydrogens is 435 g/mol. The van der Waals surface area contributed by atoms with Crippen molar-refractivity contribution in [2.75, 3.05) is 0 Å². The van der Waals surface area contributed by atoms with Crippen LogP contribution in [0.5, 0.6) is 0 Å². The molecule has 114 valence electrons. The van der Waals surface area contributed by atoms with Crippen molar-refractivity contribution in [2.24, 2.45) is 0 Å². The van der Waals surface area contributed by atoms with Crippen molar-refractivity contribution in [1.82, 2.24) is 0 Å². The number of rotatable bonds is 4. The second-order valence-corrected chi connectivity index (χ2v) is 8.31. The number of hydrogen-bond donors (Lipinski definition) is 0. The summed E-state index contributed by atoms with van der Waals surface area (Å²) in [6.07, 6.45) is 0. The first kappa shape index (κ1) is 16.5. The number of hydrogen-bond acceptors (Lipinski definition) is 0. The minimum atomic E-state index is 0.281. The summed E-state index contributed by atoms with van der Waals surface area (Å²) in [7, 11) is 0. The summed E-state index contributed by atoms with van der Waals surface area (Å²) in [4.78, 5) is 2.34. The zero-order chi connectivity index (χ0) is 16.1. The van der Waals surface area contributed by atoms with E-state index >= 15 is 0 Å². The van der Waals surface area contributed by atoms with E-state index in [1.807, 2.05) is 12.1 Å². The Kier molecular flexibility index (Phi) is 5.75. The van der Waals surface area contributed by atoms with Gasteiger partial charge in [-0.3, -0.25) is 0 Å². The molecule has 3 aromatic carbocycles. The fraction of sp³-hybridized carbons (Fsp3) is 0. The molecule has 0 unspecified atom stereocenters. The summed E-state index contributed by atoms with van der Waals surface area (Å²) >= 11 is 9.82. The van der Waals surface area contributed by atoms with E-state index in [4.69, 9.17) is 11.6 Å². The molecular formula is C20H14BrClSe. The summed E-state index contributed by atoms with van der Waals surface area (Å²) < 4.78 is 2.45. The third-order valence-corrected chi connectivity index (χ3v) is 6.03. The van der Waals surface area contributed by atoms with Crippen LogP contribution in [0.2, 0.25) is 5.02 Å². The van der Waals surface area contributed by atoms with Gasteiger partial charge in [-0.25, -0.2) is 0 Å². The molecule has 0 saturated heterocycles. The molecule has 0 N–H and O–H groups in total. The quantitative estimate of drug-likeness (QED) is 0.461. The predicted molar refractivity (Wildman–Crippen MR) is 105 cm³/mol. The van der Waals surface area contributed by atoms with Crippen LogP contribution in [0, 0.1) is 0 Å². The van der Waals surface area contributed by atoms with Gasteiger partial charge in [0.1, 0.15) is 0 Å². The van der Waals surface area contributed by atoms with Crippen molar-refractivity contribution in [3.63, 3.8) is 0 Å². The third kappa shape index (κ3) is 4.59. The number of benzene rings is 3. The van der Waals surface area contributed by atoms with Crippen LogP contribution in [0.1, 0.15) is 11.1 Å². The molecule has 0 nitrogen and oxygen atoms in total. The average molecular weight is 449 g/mol. The zero-order valence-electron chi connectivity index (χ0n) is 12.2. The first-order chi connectivity index (χ1) is 11.2. The van der Waals surface area contributed by atoms with Crippen molar-refractivity contribution in [3.8, 4) is 0 Å². The maximum atomic E-state index is 6.03. The van der Waals surface area contributed by atoms with Crippen LogP contribution >= 0.6 is 27.5 Å². The molecule has 0 spiro atoms. The second-order valence-electron chi connectivity index (χ2n) is 4.98. The van der Waals surface area contributed by atoms with E-state index in [-0.39, 0.29) is 15.0 Å². The first-order valence-corrected chi connectivity index (χ1v) is 10.2. The summed E-state index contributed by atoms with van der Waals surface area (Å²) in [6, 6.07) is 27.1. The topological polar surface area (TPSA) is 0 Å². The van der Waals surface area contributed by atoms with Crippen LogP contribution in [0.4, 0.5) is 0 Å². The average Bonchev–Trinajstić information content (AvgIpc) is 2.59. The van der Waals surface area contributed by atoms with Gasteiger partial charge in [0.2, 0.25) is 0 Å². The van der Waals surface area contributed by atoms with Crippen molar-refractivity contribution in [1.29, 1.82) is 0 Å². The van der Waals surface area contributed by atoms with Crippen LogP contribution in [0.3, 0.4) is 0 Å². The predicted octanol–water partition coefficient (Wildman–Crippen LogP) is 5.52. The van der Waals surface area contributed by atoms with Crippen LogP contribution in [0.15, 0.2) is 88.3 Å². The van der Waals surface area contributed by atoms with Crippen molar-refractivity contribution < 1.29 is 0 Å². The Labute approximate surface area is 156 Å². The molecule has 23 heavy (non-hydrogen) atoms. The summed E-state index contributed by atoms with van der Waals surface area (Å²) in [6.45, 7) is 0. The Morgan fingerprint density at radius 1 is 0.783 bits per heavy atom. The Hall–Kier alpha value is -1.31. The molecule has 3 aromatic rings. The van der Waals surface area contributed by atoms with Gasteiger partial charge >= 0.3 is 157 Å². The van der Waals surface area contributed by atoms with Gasteiger partial charge in [-0.05, 0) is 0 Å². The molecule has 0 aromatic heterocycles. The molecule has 0 bridgehead atoms. The minimum absolute atomic E-state index is 0.281. The summed E-state index contributed by atoms with van der Waals surface area (Å²) in [5.74, 6) is 0. The van der Waals surface area contributed by atoms with Crippen LogP contribution in [-0.4, -0.2) is 15.0 Å². The Balaban J connectivity index is 1.99. The summed E-state index contributed by atoms with van der Waals surface area (Å²) in [5, 5.41) is 0.762. The van der Waals surface area contributed by atoms with Crippen molar-refractivity contribution in [2.45, 2.75) is 0 Å². The standard InChI is InChI=1S/C20H14BrClSe/c21-17-10-6-15(7-11-17)20(16-8-12-18(22)13-9-16)14-23-19-4-2-1-3-5-19/h1-14H. The van der Waals surface area contributed by atoms with Crippen LogP contribution in [0.25, 0.3) is 5.57 Å². The second kappa shape index (κ2) is 7.99. The molecule has 3 rings (SSSR count). The maximum absolute atomic E-state index is 6.03. The van der Waals surface area contributed by atoms with Gasteiger partial charge in [-0.1, -0.05) is 0 Å². The molecule has 0 fully saturated rings. The molecule has 0 aliphatic carbocycles. The molecule has 0 amide bonds. The van der Waals surface area contributed by atoms with E-state index in [9.17, 15) is 0 Å². The SMILES string of the molecule is Clc1ccc(C(=C[Se]c2ccccc2)c2ccc(Br)cc2)cc1. The van der Waals surface area contributed by atoms with E-state index < -0.39 is 0 Å². The van der Waals surface area contributed by atoms with Gasteiger partial charge in [0.05, 0.1) is 0 Å². The van der Waals surface area contributed by atoms with E-state index in [0.29, 0.717) is 0 Å². The molecule has 3 heteroatoms. The van der Waals surface area contributed by atoms with E-state index in [2.05, 4.69) is 87.6 Å². The monoisotopic (exact) mass is 448 g/mol. The molecule has 0 radical (unpaired) electrons. The Bertz CT molecular complexity index is 746. The van der Waals surface area contributed by atoms with Gasteiger partial charge in [-0.15, -0.1) is 0 Å². The van der Waals surface area contributed by atoms with Gasteiger partial charge in [0.15, 0.2) is 0 Å². The Morgan fingerprint density at radius 2 is 1.35 bits per heavy atom. The molecule has 0 heterocycles. The van der Waals surface area contributed by atoms with Gasteiger partial charge in [-0.2, -0.15) is 0 Å². The molecule has 0 atom stereocenters.